The number of ether oxygens (including phenoxy) is 2. The van der Waals surface area contributed by atoms with Gasteiger partial charge in [0, 0.05) is 11.5 Å². The van der Waals surface area contributed by atoms with Gasteiger partial charge in [0.05, 0.1) is 29.6 Å². The van der Waals surface area contributed by atoms with Gasteiger partial charge < -0.3 is 9.47 Å². The third-order valence-corrected chi connectivity index (χ3v) is 9.22. The van der Waals surface area contributed by atoms with Gasteiger partial charge in [-0.05, 0) is 17.9 Å². The van der Waals surface area contributed by atoms with Crippen LogP contribution in [0.25, 0.3) is 0 Å². The smallest absolute Gasteiger partial charge is 0.316 e. The highest BCUT2D eigenvalue weighted by atomic mass is 32.3. The molecule has 0 spiro atoms. The molecule has 0 N–H and O–H groups in total. The summed E-state index contributed by atoms with van der Waals surface area (Å²) in [5.41, 5.74) is 1.27. The number of thiol groups is 1. The number of thiocarbonyl (C=S) groups is 1. The van der Waals surface area contributed by atoms with Gasteiger partial charge in [0.15, 0.2) is 0 Å². The molecule has 0 saturated heterocycles. The Bertz CT molecular complexity index is 549. The van der Waals surface area contributed by atoms with Crippen LogP contribution in [0.2, 0.25) is 0 Å². The van der Waals surface area contributed by atoms with Gasteiger partial charge in [-0.25, -0.2) is 0 Å². The molecule has 0 saturated carbocycles. The predicted molar refractivity (Wildman–Crippen MR) is 125 cm³/mol. The molecule has 1 aliphatic carbocycles. The first-order valence-electron chi connectivity index (χ1n) is 7.66. The van der Waals surface area contributed by atoms with Gasteiger partial charge in [-0.1, -0.05) is 42.2 Å². The second-order valence-corrected chi connectivity index (χ2v) is 12.0. The Morgan fingerprint density at radius 2 is 1.92 bits per heavy atom. The third-order valence-electron chi connectivity index (χ3n) is 3.18. The van der Waals surface area contributed by atoms with Crippen LogP contribution in [0.5, 0.6) is 0 Å². The summed E-state index contributed by atoms with van der Waals surface area (Å²) in [7, 11) is 2.77. The number of carbonyl (C=O) groups is 2. The highest BCUT2D eigenvalue weighted by Gasteiger charge is 2.13. The van der Waals surface area contributed by atoms with E-state index in [-0.39, 0.29) is 21.6 Å². The molecule has 2 atom stereocenters. The van der Waals surface area contributed by atoms with Crippen molar-refractivity contribution in [2.75, 3.05) is 37.2 Å². The standard InChI is InChI=1S/C16H22O4S6/c1-19-13(17)9-25-15(21)23-7-11-3-5-12(6-4-11)8-24-16(22)26-10-14(18)20-2/h3-5,12,15,21H,6-10H2,1-2H3. The molecular weight excluding hydrogens is 449 g/mol. The Kier molecular flexibility index (Phi) is 13.4. The number of thioether (sulfide) groups is 4. The zero-order valence-corrected chi connectivity index (χ0v) is 19.5. The van der Waals surface area contributed by atoms with E-state index >= 15 is 0 Å². The van der Waals surface area contributed by atoms with Crippen molar-refractivity contribution in [2.45, 2.75) is 10.3 Å². The average Bonchev–Trinajstić information content (AvgIpc) is 2.67. The van der Waals surface area contributed by atoms with Crippen LogP contribution in [0, 0.1) is 5.92 Å². The highest BCUT2D eigenvalue weighted by Crippen LogP contribution is 2.31. The summed E-state index contributed by atoms with van der Waals surface area (Å²) >= 11 is 15.9. The number of hydrogen-bond donors (Lipinski definition) is 1. The maximum absolute atomic E-state index is 11.1. The lowest BCUT2D eigenvalue weighted by atomic mass is 9.99. The van der Waals surface area contributed by atoms with E-state index in [0.29, 0.717) is 11.7 Å². The van der Waals surface area contributed by atoms with Gasteiger partial charge >= 0.3 is 11.9 Å². The van der Waals surface area contributed by atoms with Gasteiger partial charge in [0.2, 0.25) is 0 Å². The molecule has 146 valence electrons. The largest absolute Gasteiger partial charge is 0.468 e. The summed E-state index contributed by atoms with van der Waals surface area (Å²) in [6.07, 6.45) is 7.59. The molecule has 0 bridgehead atoms. The van der Waals surface area contributed by atoms with Crippen molar-refractivity contribution in [3.63, 3.8) is 0 Å². The van der Waals surface area contributed by atoms with E-state index in [2.05, 4.69) is 40.3 Å². The Morgan fingerprint density at radius 1 is 1.23 bits per heavy atom. The molecule has 1 aliphatic rings. The minimum atomic E-state index is -0.257. The van der Waals surface area contributed by atoms with Crippen molar-refractivity contribution in [1.29, 1.82) is 0 Å². The molecule has 0 amide bonds. The highest BCUT2D eigenvalue weighted by molar-refractivity contribution is 8.47. The molecule has 0 aliphatic heterocycles. The quantitative estimate of drug-likeness (QED) is 0.218. The second kappa shape index (κ2) is 14.3. The van der Waals surface area contributed by atoms with Gasteiger partial charge in [-0.2, -0.15) is 12.6 Å². The van der Waals surface area contributed by atoms with Crippen molar-refractivity contribution in [3.8, 4) is 0 Å². The van der Waals surface area contributed by atoms with Crippen LogP contribution in [0.3, 0.4) is 0 Å². The van der Waals surface area contributed by atoms with Crippen molar-refractivity contribution in [3.05, 3.63) is 23.8 Å². The molecule has 10 heteroatoms. The normalized spacial score (nSPS) is 17.3. The fourth-order valence-corrected chi connectivity index (χ4v) is 5.98. The summed E-state index contributed by atoms with van der Waals surface area (Å²) in [5, 5.41) is 0. The van der Waals surface area contributed by atoms with E-state index in [9.17, 15) is 9.59 Å². The number of carbonyl (C=O) groups excluding carboxylic acids is 2. The first-order chi connectivity index (χ1) is 12.4. The third kappa shape index (κ3) is 11.2. The summed E-state index contributed by atoms with van der Waals surface area (Å²) < 4.78 is 10.0. The zero-order chi connectivity index (χ0) is 19.4. The number of allylic oxidation sites excluding steroid dienone is 3. The van der Waals surface area contributed by atoms with Crippen molar-refractivity contribution in [2.24, 2.45) is 5.92 Å². The molecule has 4 nitrogen and oxygen atoms in total. The van der Waals surface area contributed by atoms with Crippen molar-refractivity contribution >= 4 is 87.4 Å². The van der Waals surface area contributed by atoms with E-state index in [4.69, 9.17) is 12.2 Å². The summed E-state index contributed by atoms with van der Waals surface area (Å²) in [6, 6.07) is 0. The summed E-state index contributed by atoms with van der Waals surface area (Å²) in [5.74, 6) is 2.33. The van der Waals surface area contributed by atoms with Crippen LogP contribution in [0.4, 0.5) is 0 Å². The topological polar surface area (TPSA) is 52.6 Å². The average molecular weight is 471 g/mol. The number of esters is 2. The lowest BCUT2D eigenvalue weighted by molar-refractivity contribution is -0.138. The van der Waals surface area contributed by atoms with Crippen molar-refractivity contribution < 1.29 is 19.1 Å². The van der Waals surface area contributed by atoms with Crippen LogP contribution >= 0.6 is 71.9 Å². The molecule has 0 aromatic carbocycles. The Labute approximate surface area is 182 Å². The number of rotatable bonds is 10. The molecule has 0 heterocycles. The van der Waals surface area contributed by atoms with E-state index in [1.54, 1.807) is 23.5 Å². The van der Waals surface area contributed by atoms with Gasteiger partial charge in [0.25, 0.3) is 0 Å². The fraction of sp³-hybridized carbons (Fsp3) is 0.562. The molecule has 2 unspecified atom stereocenters. The number of methoxy groups -OCH3 is 2. The minimum Gasteiger partial charge on any atom is -0.468 e. The van der Waals surface area contributed by atoms with Crippen molar-refractivity contribution in [1.82, 2.24) is 0 Å². The van der Waals surface area contributed by atoms with Gasteiger partial charge in [-0.3, -0.25) is 9.59 Å². The van der Waals surface area contributed by atoms with Gasteiger partial charge in [0.1, 0.15) is 3.53 Å². The Morgan fingerprint density at radius 3 is 2.54 bits per heavy atom. The first kappa shape index (κ1) is 24.3. The second-order valence-electron chi connectivity index (χ2n) is 5.06. The van der Waals surface area contributed by atoms with Gasteiger partial charge in [-0.15, -0.1) is 35.3 Å². The molecule has 0 aromatic rings. The summed E-state index contributed by atoms with van der Waals surface area (Å²) in [6.45, 7) is 0. The maximum atomic E-state index is 11.1. The molecule has 0 aromatic heterocycles. The fourth-order valence-electron chi connectivity index (χ4n) is 1.75. The lowest BCUT2D eigenvalue weighted by Crippen LogP contribution is -2.07. The van der Waals surface area contributed by atoms with Crippen LogP contribution in [-0.2, 0) is 19.1 Å². The van der Waals surface area contributed by atoms with Crippen LogP contribution in [-0.4, -0.2) is 56.6 Å². The van der Waals surface area contributed by atoms with E-state index in [1.807, 2.05) is 0 Å². The first-order valence-corrected chi connectivity index (χ1v) is 12.7. The zero-order valence-electron chi connectivity index (χ0n) is 14.5. The van der Waals surface area contributed by atoms with Crippen LogP contribution in [0.1, 0.15) is 6.42 Å². The van der Waals surface area contributed by atoms with E-state index in [1.165, 1.54) is 43.3 Å². The van der Waals surface area contributed by atoms with Crippen LogP contribution < -0.4 is 0 Å². The molecule has 26 heavy (non-hydrogen) atoms. The van der Waals surface area contributed by atoms with E-state index in [0.717, 1.165) is 21.5 Å². The van der Waals surface area contributed by atoms with Crippen LogP contribution in [0.15, 0.2) is 23.8 Å². The molecular formula is C16H22O4S6. The predicted octanol–water partition coefficient (Wildman–Crippen LogP) is 4.27. The molecule has 0 radical (unpaired) electrons. The monoisotopic (exact) mass is 470 g/mol. The molecule has 1 rings (SSSR count). The molecule has 0 fully saturated rings. The minimum absolute atomic E-state index is 0.0425. The summed E-state index contributed by atoms with van der Waals surface area (Å²) in [4.78, 5) is 22.2. The Balaban J connectivity index is 2.19. The SMILES string of the molecule is COC(=O)CSC(=S)SCC1C=CC(CSC(S)SCC(=O)OC)=CC1. The Hall–Kier alpha value is 0.260. The van der Waals surface area contributed by atoms with E-state index < -0.39 is 0 Å². The lowest BCUT2D eigenvalue weighted by Gasteiger charge is -2.17. The maximum Gasteiger partial charge on any atom is 0.316 e. The number of hydrogen-bond acceptors (Lipinski definition) is 10.